The zero-order valence-electron chi connectivity index (χ0n) is 7.38. The number of alkyl halides is 1. The standard InChI is InChI=1S/C9H8BrClO3/c1-14-7-3-6(11)2-5(4-10)8(7)9(12)13/h2-3H,4H2,1H3,(H,12,13). The zero-order chi connectivity index (χ0) is 10.7. The number of rotatable bonds is 3. The molecule has 3 nitrogen and oxygen atoms in total. The summed E-state index contributed by atoms with van der Waals surface area (Å²) in [6.45, 7) is 0. The summed E-state index contributed by atoms with van der Waals surface area (Å²) >= 11 is 8.99. The molecule has 76 valence electrons. The minimum atomic E-state index is -1.02. The number of hydrogen-bond donors (Lipinski definition) is 1. The maximum Gasteiger partial charge on any atom is 0.339 e. The van der Waals surface area contributed by atoms with Crippen LogP contribution in [0.3, 0.4) is 0 Å². The van der Waals surface area contributed by atoms with Crippen molar-refractivity contribution in [2.45, 2.75) is 5.33 Å². The summed E-state index contributed by atoms with van der Waals surface area (Å²) in [6, 6.07) is 3.08. The van der Waals surface area contributed by atoms with Crippen molar-refractivity contribution in [3.63, 3.8) is 0 Å². The van der Waals surface area contributed by atoms with E-state index in [1.54, 1.807) is 6.07 Å². The minimum absolute atomic E-state index is 0.147. The van der Waals surface area contributed by atoms with Crippen LogP contribution in [-0.4, -0.2) is 18.2 Å². The molecule has 0 radical (unpaired) electrons. The Kier molecular flexibility index (Phi) is 3.77. The maximum atomic E-state index is 10.9. The van der Waals surface area contributed by atoms with E-state index in [2.05, 4.69) is 15.9 Å². The van der Waals surface area contributed by atoms with Gasteiger partial charge < -0.3 is 9.84 Å². The highest BCUT2D eigenvalue weighted by atomic mass is 79.9. The van der Waals surface area contributed by atoms with Crippen molar-refractivity contribution >= 4 is 33.5 Å². The van der Waals surface area contributed by atoms with Crippen molar-refractivity contribution in [3.05, 3.63) is 28.3 Å². The van der Waals surface area contributed by atoms with Crippen LogP contribution in [0.25, 0.3) is 0 Å². The molecule has 0 bridgehead atoms. The van der Waals surface area contributed by atoms with Gasteiger partial charge in [0.1, 0.15) is 11.3 Å². The number of benzene rings is 1. The van der Waals surface area contributed by atoms with Gasteiger partial charge in [0.05, 0.1) is 7.11 Å². The predicted octanol–water partition coefficient (Wildman–Crippen LogP) is 2.94. The van der Waals surface area contributed by atoms with Crippen molar-refractivity contribution in [2.75, 3.05) is 7.11 Å². The second-order valence-corrected chi connectivity index (χ2v) is 3.58. The first kappa shape index (κ1) is 11.3. The molecule has 0 saturated heterocycles. The zero-order valence-corrected chi connectivity index (χ0v) is 9.72. The summed E-state index contributed by atoms with van der Waals surface area (Å²) in [5, 5.41) is 9.84. The Morgan fingerprint density at radius 2 is 2.29 bits per heavy atom. The normalized spacial score (nSPS) is 9.93. The van der Waals surface area contributed by atoms with Gasteiger partial charge in [-0.1, -0.05) is 27.5 Å². The highest BCUT2D eigenvalue weighted by Gasteiger charge is 2.16. The van der Waals surface area contributed by atoms with Crippen molar-refractivity contribution in [1.82, 2.24) is 0 Å². The molecule has 1 rings (SSSR count). The van der Waals surface area contributed by atoms with Gasteiger partial charge in [0, 0.05) is 10.4 Å². The molecule has 14 heavy (non-hydrogen) atoms. The summed E-state index contributed by atoms with van der Waals surface area (Å²) in [5.74, 6) is -0.743. The van der Waals surface area contributed by atoms with E-state index in [-0.39, 0.29) is 11.3 Å². The second kappa shape index (κ2) is 4.66. The van der Waals surface area contributed by atoms with E-state index in [1.165, 1.54) is 13.2 Å². The molecule has 0 aliphatic rings. The molecule has 1 aromatic carbocycles. The molecule has 0 unspecified atom stereocenters. The third-order valence-electron chi connectivity index (χ3n) is 1.73. The molecule has 0 amide bonds. The number of halogens is 2. The monoisotopic (exact) mass is 278 g/mol. The van der Waals surface area contributed by atoms with Crippen LogP contribution in [0.2, 0.25) is 5.02 Å². The van der Waals surface area contributed by atoms with E-state index in [0.29, 0.717) is 15.9 Å². The van der Waals surface area contributed by atoms with Crippen LogP contribution < -0.4 is 4.74 Å². The molecule has 1 N–H and O–H groups in total. The Morgan fingerprint density at radius 3 is 2.71 bits per heavy atom. The number of hydrogen-bond acceptors (Lipinski definition) is 2. The fourth-order valence-corrected chi connectivity index (χ4v) is 1.82. The topological polar surface area (TPSA) is 46.5 Å². The molecular weight excluding hydrogens is 271 g/mol. The Balaban J connectivity index is 3.40. The van der Waals surface area contributed by atoms with Gasteiger partial charge in [0.15, 0.2) is 0 Å². The van der Waals surface area contributed by atoms with Crippen molar-refractivity contribution in [2.24, 2.45) is 0 Å². The molecular formula is C9H8BrClO3. The highest BCUT2D eigenvalue weighted by molar-refractivity contribution is 9.08. The Labute approximate surface area is 94.8 Å². The van der Waals surface area contributed by atoms with Gasteiger partial charge in [-0.05, 0) is 17.7 Å². The van der Waals surface area contributed by atoms with E-state index in [4.69, 9.17) is 21.4 Å². The molecule has 1 aromatic rings. The van der Waals surface area contributed by atoms with E-state index < -0.39 is 5.97 Å². The summed E-state index contributed by atoms with van der Waals surface area (Å²) in [7, 11) is 1.41. The third kappa shape index (κ3) is 2.19. The fraction of sp³-hybridized carbons (Fsp3) is 0.222. The minimum Gasteiger partial charge on any atom is -0.496 e. The van der Waals surface area contributed by atoms with Crippen LogP contribution in [0.1, 0.15) is 15.9 Å². The summed E-state index contributed by atoms with van der Waals surface area (Å²) in [5.41, 5.74) is 0.746. The van der Waals surface area contributed by atoms with Crippen molar-refractivity contribution < 1.29 is 14.6 Å². The van der Waals surface area contributed by atoms with Crippen LogP contribution in [0, 0.1) is 0 Å². The lowest BCUT2D eigenvalue weighted by Gasteiger charge is -2.09. The SMILES string of the molecule is COc1cc(Cl)cc(CBr)c1C(=O)O. The van der Waals surface area contributed by atoms with Gasteiger partial charge in [-0.3, -0.25) is 0 Å². The smallest absolute Gasteiger partial charge is 0.339 e. The van der Waals surface area contributed by atoms with Gasteiger partial charge in [-0.15, -0.1) is 0 Å². The quantitative estimate of drug-likeness (QED) is 0.865. The van der Waals surface area contributed by atoms with E-state index in [1.807, 2.05) is 0 Å². The summed E-state index contributed by atoms with van der Waals surface area (Å²) in [6.07, 6.45) is 0. The number of methoxy groups -OCH3 is 1. The second-order valence-electron chi connectivity index (χ2n) is 2.58. The molecule has 0 spiro atoms. The maximum absolute atomic E-state index is 10.9. The summed E-state index contributed by atoms with van der Waals surface area (Å²) in [4.78, 5) is 10.9. The molecule has 0 saturated carbocycles. The number of carboxylic acid groups (broad SMARTS) is 1. The first-order valence-corrected chi connectivity index (χ1v) is 5.25. The lowest BCUT2D eigenvalue weighted by Crippen LogP contribution is -2.04. The lowest BCUT2D eigenvalue weighted by atomic mass is 10.1. The van der Waals surface area contributed by atoms with Crippen LogP contribution in [0.4, 0.5) is 0 Å². The van der Waals surface area contributed by atoms with Gasteiger partial charge in [-0.2, -0.15) is 0 Å². The summed E-state index contributed by atoms with van der Waals surface area (Å²) < 4.78 is 4.94. The first-order valence-electron chi connectivity index (χ1n) is 3.75. The van der Waals surface area contributed by atoms with Crippen molar-refractivity contribution in [1.29, 1.82) is 0 Å². The fourth-order valence-electron chi connectivity index (χ4n) is 1.15. The molecule has 0 fully saturated rings. The van der Waals surface area contributed by atoms with Gasteiger partial charge >= 0.3 is 5.97 Å². The van der Waals surface area contributed by atoms with Crippen molar-refractivity contribution in [3.8, 4) is 5.75 Å². The van der Waals surface area contributed by atoms with Crippen LogP contribution in [-0.2, 0) is 5.33 Å². The molecule has 0 aromatic heterocycles. The van der Waals surface area contributed by atoms with Crippen LogP contribution in [0.5, 0.6) is 5.75 Å². The lowest BCUT2D eigenvalue weighted by molar-refractivity contribution is 0.0692. The molecule has 0 atom stereocenters. The molecule has 0 aliphatic heterocycles. The van der Waals surface area contributed by atoms with Gasteiger partial charge in [0.2, 0.25) is 0 Å². The first-order chi connectivity index (χ1) is 6.60. The Bertz CT molecular complexity index is 340. The van der Waals surface area contributed by atoms with Gasteiger partial charge in [0.25, 0.3) is 0 Å². The number of aromatic carboxylic acids is 1. The number of carbonyl (C=O) groups is 1. The average Bonchev–Trinajstić information content (AvgIpc) is 2.15. The average molecular weight is 280 g/mol. The van der Waals surface area contributed by atoms with Crippen LogP contribution >= 0.6 is 27.5 Å². The largest absolute Gasteiger partial charge is 0.496 e. The number of ether oxygens (including phenoxy) is 1. The predicted molar refractivity (Wildman–Crippen MR) is 57.6 cm³/mol. The van der Waals surface area contributed by atoms with E-state index in [0.717, 1.165) is 0 Å². The third-order valence-corrected chi connectivity index (χ3v) is 2.55. The van der Waals surface area contributed by atoms with E-state index in [9.17, 15) is 4.79 Å². The Morgan fingerprint density at radius 1 is 1.64 bits per heavy atom. The molecule has 5 heteroatoms. The van der Waals surface area contributed by atoms with Gasteiger partial charge in [-0.25, -0.2) is 4.79 Å². The van der Waals surface area contributed by atoms with E-state index >= 15 is 0 Å². The highest BCUT2D eigenvalue weighted by Crippen LogP contribution is 2.28. The number of carboxylic acids is 1. The molecule has 0 aliphatic carbocycles. The van der Waals surface area contributed by atoms with Crippen LogP contribution in [0.15, 0.2) is 12.1 Å². The molecule has 0 heterocycles. The Hall–Kier alpha value is -0.740.